The van der Waals surface area contributed by atoms with E-state index in [-0.39, 0.29) is 12.4 Å². The Morgan fingerprint density at radius 1 is 1.10 bits per heavy atom. The third-order valence-corrected chi connectivity index (χ3v) is 3.58. The van der Waals surface area contributed by atoms with Crippen LogP contribution in [0.5, 0.6) is 0 Å². The van der Waals surface area contributed by atoms with Gasteiger partial charge in [-0.1, -0.05) is 36.1 Å². The van der Waals surface area contributed by atoms with Gasteiger partial charge in [0, 0.05) is 25.2 Å². The highest BCUT2D eigenvalue weighted by molar-refractivity contribution is 5.38. The Morgan fingerprint density at radius 2 is 1.81 bits per heavy atom. The number of hydrogen-bond acceptors (Lipinski definition) is 2. The molecule has 0 saturated carbocycles. The quantitative estimate of drug-likeness (QED) is 0.856. The summed E-state index contributed by atoms with van der Waals surface area (Å²) in [5.74, 6) is 5.03. The summed E-state index contributed by atoms with van der Waals surface area (Å²) >= 11 is 0. The molecule has 3 heteroatoms. The Kier molecular flexibility index (Phi) is 4.01. The third kappa shape index (κ3) is 3.30. The Balaban J connectivity index is 1.76. The van der Waals surface area contributed by atoms with Crippen LogP contribution in [0.25, 0.3) is 0 Å². The van der Waals surface area contributed by atoms with Crippen LogP contribution in [0.3, 0.4) is 0 Å². The minimum absolute atomic E-state index is 0.215. The van der Waals surface area contributed by atoms with Gasteiger partial charge in [0.1, 0.15) is 12.4 Å². The van der Waals surface area contributed by atoms with Crippen LogP contribution in [0.2, 0.25) is 0 Å². The van der Waals surface area contributed by atoms with Crippen molar-refractivity contribution in [3.63, 3.8) is 0 Å². The molecule has 2 aromatic rings. The van der Waals surface area contributed by atoms with E-state index in [1.807, 2.05) is 18.2 Å². The number of benzene rings is 2. The second-order valence-corrected chi connectivity index (χ2v) is 5.22. The molecule has 106 valence electrons. The normalized spacial score (nSPS) is 13.6. The maximum absolute atomic E-state index is 13.6. The van der Waals surface area contributed by atoms with Gasteiger partial charge < -0.3 is 5.11 Å². The number of aliphatic hydroxyl groups is 1. The number of fused-ring (bicyclic) bond motifs is 1. The largest absolute Gasteiger partial charge is 0.384 e. The average molecular weight is 281 g/mol. The molecule has 0 aromatic heterocycles. The van der Waals surface area contributed by atoms with E-state index >= 15 is 0 Å². The Bertz CT molecular complexity index is 690. The monoisotopic (exact) mass is 281 g/mol. The van der Waals surface area contributed by atoms with Crippen molar-refractivity contribution in [1.29, 1.82) is 0 Å². The first-order valence-electron chi connectivity index (χ1n) is 6.93. The van der Waals surface area contributed by atoms with Gasteiger partial charge in [0.25, 0.3) is 0 Å². The van der Waals surface area contributed by atoms with Gasteiger partial charge in [0.15, 0.2) is 0 Å². The predicted molar refractivity (Wildman–Crippen MR) is 79.8 cm³/mol. The highest BCUT2D eigenvalue weighted by Crippen LogP contribution is 2.24. The number of aliphatic hydroxyl groups excluding tert-OH is 1. The molecule has 3 rings (SSSR count). The van der Waals surface area contributed by atoms with Crippen molar-refractivity contribution in [1.82, 2.24) is 4.90 Å². The molecule has 0 saturated heterocycles. The smallest absolute Gasteiger partial charge is 0.124 e. The maximum Gasteiger partial charge on any atom is 0.124 e. The Morgan fingerprint density at radius 3 is 2.48 bits per heavy atom. The molecular weight excluding hydrogens is 265 g/mol. The lowest BCUT2D eigenvalue weighted by Gasteiger charge is -2.15. The third-order valence-electron chi connectivity index (χ3n) is 3.58. The fraction of sp³-hybridized carbons (Fsp3) is 0.222. The second kappa shape index (κ2) is 6.09. The van der Waals surface area contributed by atoms with Gasteiger partial charge in [-0.2, -0.15) is 0 Å². The molecule has 1 heterocycles. The zero-order valence-corrected chi connectivity index (χ0v) is 11.6. The topological polar surface area (TPSA) is 23.5 Å². The molecule has 0 atom stereocenters. The lowest BCUT2D eigenvalue weighted by atomic mass is 10.1. The van der Waals surface area contributed by atoms with Gasteiger partial charge in [0.2, 0.25) is 0 Å². The van der Waals surface area contributed by atoms with Crippen molar-refractivity contribution in [2.45, 2.75) is 19.6 Å². The van der Waals surface area contributed by atoms with Crippen LogP contribution in [0.4, 0.5) is 4.39 Å². The summed E-state index contributed by atoms with van der Waals surface area (Å²) in [6.07, 6.45) is 0. The first kappa shape index (κ1) is 13.8. The molecule has 0 spiro atoms. The first-order chi connectivity index (χ1) is 10.2. The predicted octanol–water partition coefficient (Wildman–Crippen LogP) is 2.69. The SMILES string of the molecule is OCC#Cc1cc(F)cc(CN2Cc3ccccc3C2)c1. The minimum atomic E-state index is -0.286. The highest BCUT2D eigenvalue weighted by Gasteiger charge is 2.18. The first-order valence-corrected chi connectivity index (χ1v) is 6.93. The van der Waals surface area contributed by atoms with Crippen LogP contribution in [0.15, 0.2) is 42.5 Å². The summed E-state index contributed by atoms with van der Waals surface area (Å²) in [5, 5.41) is 8.72. The molecule has 0 aliphatic carbocycles. The van der Waals surface area contributed by atoms with Crippen LogP contribution < -0.4 is 0 Å². The number of halogens is 1. The van der Waals surface area contributed by atoms with E-state index in [9.17, 15) is 4.39 Å². The second-order valence-electron chi connectivity index (χ2n) is 5.22. The molecule has 0 radical (unpaired) electrons. The summed E-state index contributed by atoms with van der Waals surface area (Å²) in [4.78, 5) is 2.28. The van der Waals surface area contributed by atoms with Gasteiger partial charge in [-0.05, 0) is 34.9 Å². The average Bonchev–Trinajstić information content (AvgIpc) is 2.86. The molecule has 1 N–H and O–H groups in total. The summed E-state index contributed by atoms with van der Waals surface area (Å²) in [6.45, 7) is 2.27. The fourth-order valence-electron chi connectivity index (χ4n) is 2.73. The van der Waals surface area contributed by atoms with Gasteiger partial charge in [-0.15, -0.1) is 0 Å². The van der Waals surface area contributed by atoms with E-state index in [0.717, 1.165) is 18.7 Å². The standard InChI is InChI=1S/C18H16FNO/c19-18-9-14(4-3-7-21)8-15(10-18)11-20-12-16-5-1-2-6-17(16)13-20/h1-2,5-6,8-10,21H,7,11-13H2. The van der Waals surface area contributed by atoms with Crippen molar-refractivity contribution in [3.05, 3.63) is 70.5 Å². The highest BCUT2D eigenvalue weighted by atomic mass is 19.1. The lowest BCUT2D eigenvalue weighted by molar-refractivity contribution is 0.275. The van der Waals surface area contributed by atoms with Crippen LogP contribution in [0, 0.1) is 17.7 Å². The van der Waals surface area contributed by atoms with Crippen molar-refractivity contribution in [2.75, 3.05) is 6.61 Å². The molecule has 2 aromatic carbocycles. The van der Waals surface area contributed by atoms with Crippen LogP contribution in [-0.2, 0) is 19.6 Å². The van der Waals surface area contributed by atoms with Crippen molar-refractivity contribution < 1.29 is 9.50 Å². The van der Waals surface area contributed by atoms with Crippen LogP contribution in [-0.4, -0.2) is 16.6 Å². The summed E-state index contributed by atoms with van der Waals surface area (Å²) in [6, 6.07) is 13.2. The molecule has 1 aliphatic rings. The molecule has 0 fully saturated rings. The van der Waals surface area contributed by atoms with Gasteiger partial charge in [0.05, 0.1) is 0 Å². The van der Waals surface area contributed by atoms with E-state index in [1.165, 1.54) is 17.2 Å². The van der Waals surface area contributed by atoms with Crippen molar-refractivity contribution in [2.24, 2.45) is 0 Å². The van der Waals surface area contributed by atoms with Gasteiger partial charge in [-0.3, -0.25) is 4.90 Å². The Labute approximate surface area is 123 Å². The van der Waals surface area contributed by atoms with Crippen LogP contribution >= 0.6 is 0 Å². The number of rotatable bonds is 2. The minimum Gasteiger partial charge on any atom is -0.384 e. The van der Waals surface area contributed by atoms with E-state index in [2.05, 4.69) is 28.9 Å². The lowest BCUT2D eigenvalue weighted by Crippen LogP contribution is -2.15. The summed E-state index contributed by atoms with van der Waals surface area (Å²) in [7, 11) is 0. The van der Waals surface area contributed by atoms with Gasteiger partial charge >= 0.3 is 0 Å². The number of nitrogens with zero attached hydrogens (tertiary/aromatic N) is 1. The van der Waals surface area contributed by atoms with E-state index < -0.39 is 0 Å². The van der Waals surface area contributed by atoms with Crippen molar-refractivity contribution >= 4 is 0 Å². The molecule has 0 amide bonds. The number of hydrogen-bond donors (Lipinski definition) is 1. The van der Waals surface area contributed by atoms with Crippen molar-refractivity contribution in [3.8, 4) is 11.8 Å². The summed E-state index contributed by atoms with van der Waals surface area (Å²) in [5.41, 5.74) is 4.20. The van der Waals surface area contributed by atoms with E-state index in [4.69, 9.17) is 5.11 Å². The Hall–Kier alpha value is -2.15. The molecule has 21 heavy (non-hydrogen) atoms. The molecular formula is C18H16FNO. The zero-order valence-electron chi connectivity index (χ0n) is 11.6. The molecule has 0 unspecified atom stereocenters. The molecule has 2 nitrogen and oxygen atoms in total. The summed E-state index contributed by atoms with van der Waals surface area (Å²) < 4.78 is 13.6. The van der Waals surface area contributed by atoms with E-state index in [1.54, 1.807) is 6.07 Å². The molecule has 0 bridgehead atoms. The fourth-order valence-corrected chi connectivity index (χ4v) is 2.73. The maximum atomic E-state index is 13.6. The van der Waals surface area contributed by atoms with Crippen LogP contribution in [0.1, 0.15) is 22.3 Å². The van der Waals surface area contributed by atoms with Gasteiger partial charge in [-0.25, -0.2) is 4.39 Å². The molecule has 1 aliphatic heterocycles. The van der Waals surface area contributed by atoms with E-state index in [0.29, 0.717) is 12.1 Å². The zero-order chi connectivity index (χ0) is 14.7.